The van der Waals surface area contributed by atoms with Crippen LogP contribution >= 0.6 is 0 Å². The number of rotatable bonds is 7. The fourth-order valence-electron chi connectivity index (χ4n) is 8.37. The molecule has 0 radical (unpaired) electrons. The molecule has 8 aromatic carbocycles. The Morgan fingerprint density at radius 2 is 1.05 bits per heavy atom. The average Bonchev–Trinajstić information content (AvgIpc) is 3.64. The van der Waals surface area contributed by atoms with Gasteiger partial charge >= 0.3 is 6.18 Å². The van der Waals surface area contributed by atoms with E-state index in [0.29, 0.717) is 28.2 Å². The van der Waals surface area contributed by atoms with Gasteiger partial charge in [-0.15, -0.1) is 0 Å². The van der Waals surface area contributed by atoms with Crippen molar-refractivity contribution in [2.24, 2.45) is 0 Å². The first kappa shape index (κ1) is 38.1. The summed E-state index contributed by atoms with van der Waals surface area (Å²) in [5, 5.41) is 11.6. The number of aryl methyl sites for hydroxylation is 1. The summed E-state index contributed by atoms with van der Waals surface area (Å²) in [6, 6.07) is 63.6. The summed E-state index contributed by atoms with van der Waals surface area (Å²) in [7, 11) is 0. The van der Waals surface area contributed by atoms with Crippen molar-refractivity contribution in [2.75, 3.05) is 0 Å². The minimum absolute atomic E-state index is 0.405. The Labute approximate surface area is 356 Å². The van der Waals surface area contributed by atoms with Crippen LogP contribution in [0.4, 0.5) is 13.2 Å². The second kappa shape index (κ2) is 15.5. The highest BCUT2D eigenvalue weighted by atomic mass is 19.4. The van der Waals surface area contributed by atoms with Crippen LogP contribution in [0, 0.1) is 18.3 Å². The van der Waals surface area contributed by atoms with Crippen LogP contribution in [0.25, 0.3) is 94.8 Å². The van der Waals surface area contributed by atoms with Crippen molar-refractivity contribution in [1.29, 1.82) is 5.26 Å². The molecule has 0 aliphatic rings. The van der Waals surface area contributed by atoms with Crippen molar-refractivity contribution in [3.8, 4) is 79.0 Å². The number of hydrogen-bond donors (Lipinski definition) is 0. The molecule has 0 amide bonds. The van der Waals surface area contributed by atoms with E-state index in [4.69, 9.17) is 9.97 Å². The van der Waals surface area contributed by atoms with Crippen LogP contribution in [0.2, 0.25) is 0 Å². The number of para-hydroxylation sites is 1. The maximum absolute atomic E-state index is 14.6. The molecule has 0 saturated carbocycles. The fourth-order valence-corrected chi connectivity index (χ4v) is 8.37. The molecule has 4 nitrogen and oxygen atoms in total. The van der Waals surface area contributed by atoms with Gasteiger partial charge in [-0.2, -0.15) is 18.4 Å². The van der Waals surface area contributed by atoms with E-state index in [-0.39, 0.29) is 0 Å². The van der Waals surface area contributed by atoms with E-state index >= 15 is 0 Å². The maximum Gasteiger partial charge on any atom is 0.416 e. The van der Waals surface area contributed by atoms with Crippen molar-refractivity contribution in [1.82, 2.24) is 14.5 Å². The summed E-state index contributed by atoms with van der Waals surface area (Å²) in [5.41, 5.74) is 11.7. The molecule has 0 N–H and O–H groups in total. The van der Waals surface area contributed by atoms with Gasteiger partial charge in [0.25, 0.3) is 0 Å². The molecule has 10 rings (SSSR count). The van der Waals surface area contributed by atoms with Crippen LogP contribution in [0.1, 0.15) is 16.7 Å². The molecule has 2 heterocycles. The van der Waals surface area contributed by atoms with E-state index in [0.717, 1.165) is 83.8 Å². The highest BCUT2D eigenvalue weighted by molar-refractivity contribution is 6.12. The zero-order valence-electron chi connectivity index (χ0n) is 33.4. The molecule has 7 heteroatoms. The summed E-state index contributed by atoms with van der Waals surface area (Å²) in [6.07, 6.45) is -4.57. The van der Waals surface area contributed by atoms with E-state index < -0.39 is 11.7 Å². The van der Waals surface area contributed by atoms with Crippen molar-refractivity contribution >= 4 is 21.8 Å². The Morgan fingerprint density at radius 1 is 0.468 bits per heavy atom. The Kier molecular flexibility index (Phi) is 9.54. The second-order valence-electron chi connectivity index (χ2n) is 15.3. The van der Waals surface area contributed by atoms with Crippen molar-refractivity contribution < 1.29 is 13.2 Å². The number of alkyl halides is 3. The van der Waals surface area contributed by atoms with E-state index in [1.807, 2.05) is 134 Å². The Bertz CT molecular complexity index is 3300. The van der Waals surface area contributed by atoms with Gasteiger partial charge < -0.3 is 4.57 Å². The van der Waals surface area contributed by atoms with Crippen LogP contribution in [0.15, 0.2) is 194 Å². The number of nitrogens with zero attached hydrogens (tertiary/aromatic N) is 4. The molecule has 0 bridgehead atoms. The van der Waals surface area contributed by atoms with Gasteiger partial charge in [0.05, 0.1) is 45.3 Å². The highest BCUT2D eigenvalue weighted by Gasteiger charge is 2.31. The van der Waals surface area contributed by atoms with Gasteiger partial charge in [0.2, 0.25) is 0 Å². The molecular formula is C55H35F3N4. The Hall–Kier alpha value is -8.08. The number of aromatic nitrogens is 3. The molecule has 0 saturated heterocycles. The predicted octanol–water partition coefficient (Wildman–Crippen LogP) is 14.8. The first-order valence-corrected chi connectivity index (χ1v) is 20.2. The summed E-state index contributed by atoms with van der Waals surface area (Å²) in [6.45, 7) is 2.03. The molecule has 0 atom stereocenters. The highest BCUT2D eigenvalue weighted by Crippen LogP contribution is 2.45. The quantitative estimate of drug-likeness (QED) is 0.161. The lowest BCUT2D eigenvalue weighted by Gasteiger charge is -2.22. The third-order valence-electron chi connectivity index (χ3n) is 11.3. The normalized spacial score (nSPS) is 11.5. The van der Waals surface area contributed by atoms with Crippen LogP contribution in [0.5, 0.6) is 0 Å². The van der Waals surface area contributed by atoms with Gasteiger partial charge in [-0.3, -0.25) is 0 Å². The average molecular weight is 809 g/mol. The SMILES string of the molecule is Cc1cccc(-c2cc(-c3cc(-c4ccccc4)nc(-c4ccccc4)n3)cc(-c3cccc(C(F)(F)F)c3)c2-n2c3ccccc3c3cc(-c4cccc(C#N)c4)ccc32)c1. The summed E-state index contributed by atoms with van der Waals surface area (Å²) in [5.74, 6) is 0.530. The van der Waals surface area contributed by atoms with Crippen molar-refractivity contribution in [3.63, 3.8) is 0 Å². The molecule has 296 valence electrons. The van der Waals surface area contributed by atoms with Gasteiger partial charge in [0.15, 0.2) is 5.82 Å². The number of fused-ring (bicyclic) bond motifs is 3. The van der Waals surface area contributed by atoms with Gasteiger partial charge in [-0.25, -0.2) is 9.97 Å². The lowest BCUT2D eigenvalue weighted by Crippen LogP contribution is -2.06. The summed E-state index contributed by atoms with van der Waals surface area (Å²) >= 11 is 0. The fraction of sp³-hybridized carbons (Fsp3) is 0.0364. The molecule has 0 aliphatic carbocycles. The minimum atomic E-state index is -4.57. The molecule has 0 spiro atoms. The predicted molar refractivity (Wildman–Crippen MR) is 243 cm³/mol. The van der Waals surface area contributed by atoms with Crippen LogP contribution in [-0.4, -0.2) is 14.5 Å². The number of benzene rings is 8. The van der Waals surface area contributed by atoms with Gasteiger partial charge in [0.1, 0.15) is 0 Å². The van der Waals surface area contributed by atoms with Crippen molar-refractivity contribution in [3.05, 3.63) is 211 Å². The third-order valence-corrected chi connectivity index (χ3v) is 11.3. The zero-order valence-corrected chi connectivity index (χ0v) is 33.4. The first-order valence-electron chi connectivity index (χ1n) is 20.2. The van der Waals surface area contributed by atoms with Crippen LogP contribution in [0.3, 0.4) is 0 Å². The molecule has 0 unspecified atom stereocenters. The van der Waals surface area contributed by atoms with E-state index in [1.54, 1.807) is 12.1 Å². The molecule has 0 fully saturated rings. The first-order chi connectivity index (χ1) is 30.2. The Balaban J connectivity index is 1.32. The molecule has 2 aromatic heterocycles. The van der Waals surface area contributed by atoms with Gasteiger partial charge in [-0.1, -0.05) is 139 Å². The lowest BCUT2D eigenvalue weighted by molar-refractivity contribution is -0.137. The minimum Gasteiger partial charge on any atom is -0.308 e. The summed E-state index contributed by atoms with van der Waals surface area (Å²) in [4.78, 5) is 10.2. The molecule has 10 aromatic rings. The van der Waals surface area contributed by atoms with Crippen molar-refractivity contribution in [2.45, 2.75) is 13.1 Å². The summed E-state index contributed by atoms with van der Waals surface area (Å²) < 4.78 is 46.0. The number of halogens is 3. The number of hydrogen-bond acceptors (Lipinski definition) is 3. The smallest absolute Gasteiger partial charge is 0.308 e. The zero-order chi connectivity index (χ0) is 42.4. The Morgan fingerprint density at radius 3 is 1.76 bits per heavy atom. The van der Waals surface area contributed by atoms with Crippen LogP contribution in [-0.2, 0) is 6.18 Å². The largest absolute Gasteiger partial charge is 0.416 e. The maximum atomic E-state index is 14.6. The molecule has 0 aliphatic heterocycles. The topological polar surface area (TPSA) is 54.5 Å². The number of nitriles is 1. The van der Waals surface area contributed by atoms with Gasteiger partial charge in [0, 0.05) is 38.6 Å². The second-order valence-corrected chi connectivity index (χ2v) is 15.3. The van der Waals surface area contributed by atoms with E-state index in [1.165, 1.54) is 12.1 Å². The molecular weight excluding hydrogens is 774 g/mol. The van der Waals surface area contributed by atoms with Crippen LogP contribution < -0.4 is 0 Å². The molecule has 62 heavy (non-hydrogen) atoms. The van der Waals surface area contributed by atoms with E-state index in [9.17, 15) is 18.4 Å². The standard InChI is InChI=1S/C55H35F3N4/c1-35-13-10-20-41(27-35)46-31-43(50-33-49(37-15-4-2-5-16-37)60-54(61-50)38-17-6-3-7-18-38)32-47(42-21-12-22-44(29-42)55(56,57)58)53(46)62-51-24-9-8-23-45(51)48-30-40(25-26-52(48)62)39-19-11-14-36(28-39)34-59/h2-33H,1H3. The third kappa shape index (κ3) is 7.08. The van der Waals surface area contributed by atoms with E-state index in [2.05, 4.69) is 47.0 Å². The lowest BCUT2D eigenvalue weighted by atomic mass is 9.90. The monoisotopic (exact) mass is 808 g/mol. The van der Waals surface area contributed by atoms with Gasteiger partial charge in [-0.05, 0) is 89.8 Å².